The normalized spacial score (nSPS) is 12.5. The van der Waals surface area contributed by atoms with Crippen molar-refractivity contribution in [3.63, 3.8) is 0 Å². The highest BCUT2D eigenvalue weighted by molar-refractivity contribution is 5.43. The topological polar surface area (TPSA) is 53.1 Å². The maximum atomic E-state index is 6.37. The van der Waals surface area contributed by atoms with Crippen LogP contribution in [0.2, 0.25) is 0 Å². The first-order chi connectivity index (χ1) is 8.56. The van der Waals surface area contributed by atoms with Gasteiger partial charge in [0, 0.05) is 23.9 Å². The smallest absolute Gasteiger partial charge is 0.123 e. The molecular formula is C14H19N3O. The first-order valence-corrected chi connectivity index (χ1v) is 5.94. The summed E-state index contributed by atoms with van der Waals surface area (Å²) >= 11 is 0. The van der Waals surface area contributed by atoms with Crippen LogP contribution in [0.3, 0.4) is 0 Å². The van der Waals surface area contributed by atoms with Crippen molar-refractivity contribution in [3.05, 3.63) is 46.8 Å². The zero-order chi connectivity index (χ0) is 13.3. The van der Waals surface area contributed by atoms with Crippen LogP contribution >= 0.6 is 0 Å². The van der Waals surface area contributed by atoms with Gasteiger partial charge in [-0.1, -0.05) is 18.2 Å². The molecular weight excluding hydrogens is 226 g/mol. The van der Waals surface area contributed by atoms with E-state index in [2.05, 4.69) is 5.10 Å². The Labute approximate surface area is 107 Å². The van der Waals surface area contributed by atoms with Gasteiger partial charge in [-0.25, -0.2) is 0 Å². The molecule has 1 atom stereocenters. The molecule has 0 spiro atoms. The number of ether oxygens (including phenoxy) is 1. The fourth-order valence-electron chi connectivity index (χ4n) is 2.32. The van der Waals surface area contributed by atoms with E-state index in [1.807, 2.05) is 49.8 Å². The minimum atomic E-state index is -0.213. The number of methoxy groups -OCH3 is 1. The van der Waals surface area contributed by atoms with Gasteiger partial charge in [0.1, 0.15) is 5.75 Å². The van der Waals surface area contributed by atoms with Crippen LogP contribution in [-0.4, -0.2) is 16.9 Å². The molecule has 1 unspecified atom stereocenters. The van der Waals surface area contributed by atoms with Crippen LogP contribution in [0.1, 0.15) is 28.6 Å². The molecule has 18 heavy (non-hydrogen) atoms. The quantitative estimate of drug-likeness (QED) is 0.901. The summed E-state index contributed by atoms with van der Waals surface area (Å²) in [7, 11) is 3.59. The molecule has 2 aromatic rings. The van der Waals surface area contributed by atoms with Gasteiger partial charge in [-0.3, -0.25) is 4.68 Å². The van der Waals surface area contributed by atoms with E-state index >= 15 is 0 Å². The number of nitrogens with zero attached hydrogens (tertiary/aromatic N) is 2. The summed E-state index contributed by atoms with van der Waals surface area (Å²) in [5.41, 5.74) is 10.5. The Morgan fingerprint density at radius 1 is 1.28 bits per heavy atom. The minimum Gasteiger partial charge on any atom is -0.496 e. The highest BCUT2D eigenvalue weighted by Crippen LogP contribution is 2.30. The van der Waals surface area contributed by atoms with E-state index in [0.29, 0.717) is 0 Å². The van der Waals surface area contributed by atoms with E-state index in [0.717, 1.165) is 28.3 Å². The van der Waals surface area contributed by atoms with Crippen molar-refractivity contribution in [3.8, 4) is 5.75 Å². The van der Waals surface area contributed by atoms with Gasteiger partial charge in [-0.2, -0.15) is 5.10 Å². The van der Waals surface area contributed by atoms with Crippen LogP contribution in [-0.2, 0) is 7.05 Å². The number of aryl methyl sites for hydroxylation is 2. The molecule has 0 saturated heterocycles. The number of rotatable bonds is 3. The van der Waals surface area contributed by atoms with Crippen molar-refractivity contribution >= 4 is 0 Å². The predicted octanol–water partition coefficient (Wildman–Crippen LogP) is 2.09. The van der Waals surface area contributed by atoms with Crippen LogP contribution in [0.5, 0.6) is 5.75 Å². The summed E-state index contributed by atoms with van der Waals surface area (Å²) in [6, 6.07) is 7.62. The molecule has 0 radical (unpaired) electrons. The SMILES string of the molecule is COc1ccccc1C(N)c1c(C)nn(C)c1C. The Hall–Kier alpha value is -1.81. The van der Waals surface area contributed by atoms with Crippen molar-refractivity contribution in [1.29, 1.82) is 0 Å². The van der Waals surface area contributed by atoms with Crippen molar-refractivity contribution < 1.29 is 4.74 Å². The highest BCUT2D eigenvalue weighted by Gasteiger charge is 2.20. The van der Waals surface area contributed by atoms with Crippen LogP contribution in [0.15, 0.2) is 24.3 Å². The summed E-state index contributed by atoms with van der Waals surface area (Å²) in [4.78, 5) is 0. The van der Waals surface area contributed by atoms with E-state index in [9.17, 15) is 0 Å². The first-order valence-electron chi connectivity index (χ1n) is 5.94. The van der Waals surface area contributed by atoms with Gasteiger partial charge in [-0.15, -0.1) is 0 Å². The van der Waals surface area contributed by atoms with Crippen LogP contribution in [0, 0.1) is 13.8 Å². The van der Waals surface area contributed by atoms with Crippen molar-refractivity contribution in [1.82, 2.24) is 9.78 Å². The summed E-state index contributed by atoms with van der Waals surface area (Å²) in [6.45, 7) is 4.02. The second kappa shape index (κ2) is 4.82. The molecule has 96 valence electrons. The fourth-order valence-corrected chi connectivity index (χ4v) is 2.32. The van der Waals surface area contributed by atoms with Crippen LogP contribution in [0.25, 0.3) is 0 Å². The maximum absolute atomic E-state index is 6.37. The minimum absolute atomic E-state index is 0.213. The third-order valence-corrected chi connectivity index (χ3v) is 3.35. The molecule has 0 aliphatic rings. The molecule has 1 aromatic carbocycles. The molecule has 0 fully saturated rings. The van der Waals surface area contributed by atoms with E-state index < -0.39 is 0 Å². The molecule has 1 heterocycles. The maximum Gasteiger partial charge on any atom is 0.123 e. The second-order valence-corrected chi connectivity index (χ2v) is 4.43. The van der Waals surface area contributed by atoms with E-state index in [-0.39, 0.29) is 6.04 Å². The Morgan fingerprint density at radius 3 is 2.50 bits per heavy atom. The molecule has 4 nitrogen and oxygen atoms in total. The second-order valence-electron chi connectivity index (χ2n) is 4.43. The Bertz CT molecular complexity index is 560. The zero-order valence-electron chi connectivity index (χ0n) is 11.3. The third kappa shape index (κ3) is 1.99. The average molecular weight is 245 g/mol. The van der Waals surface area contributed by atoms with Crippen LogP contribution in [0.4, 0.5) is 0 Å². The predicted molar refractivity (Wildman–Crippen MR) is 71.7 cm³/mol. The Balaban J connectivity index is 2.51. The van der Waals surface area contributed by atoms with Crippen LogP contribution < -0.4 is 10.5 Å². The monoisotopic (exact) mass is 245 g/mol. The lowest BCUT2D eigenvalue weighted by molar-refractivity contribution is 0.408. The summed E-state index contributed by atoms with van der Waals surface area (Å²) in [5, 5.41) is 4.41. The molecule has 0 aliphatic heterocycles. The Morgan fingerprint density at radius 2 is 1.94 bits per heavy atom. The number of aromatic nitrogens is 2. The van der Waals surface area contributed by atoms with E-state index in [1.54, 1.807) is 7.11 Å². The lowest BCUT2D eigenvalue weighted by atomic mass is 9.97. The number of para-hydroxylation sites is 1. The first kappa shape index (κ1) is 12.6. The largest absolute Gasteiger partial charge is 0.496 e. The van der Waals surface area contributed by atoms with Crippen molar-refractivity contribution in [2.75, 3.05) is 7.11 Å². The number of hydrogen-bond donors (Lipinski definition) is 1. The van der Waals surface area contributed by atoms with Crippen molar-refractivity contribution in [2.45, 2.75) is 19.9 Å². The molecule has 0 saturated carbocycles. The molecule has 0 aliphatic carbocycles. The Kier molecular flexibility index (Phi) is 3.39. The lowest BCUT2D eigenvalue weighted by Gasteiger charge is -2.16. The third-order valence-electron chi connectivity index (χ3n) is 3.35. The summed E-state index contributed by atoms with van der Waals surface area (Å²) in [5.74, 6) is 0.813. The van der Waals surface area contributed by atoms with Gasteiger partial charge >= 0.3 is 0 Å². The molecule has 0 bridgehead atoms. The highest BCUT2D eigenvalue weighted by atomic mass is 16.5. The number of hydrogen-bond acceptors (Lipinski definition) is 3. The van der Waals surface area contributed by atoms with Gasteiger partial charge in [0.05, 0.1) is 18.8 Å². The van der Waals surface area contributed by atoms with Gasteiger partial charge in [-0.05, 0) is 19.9 Å². The molecule has 4 heteroatoms. The van der Waals surface area contributed by atoms with Crippen molar-refractivity contribution in [2.24, 2.45) is 12.8 Å². The van der Waals surface area contributed by atoms with E-state index in [4.69, 9.17) is 10.5 Å². The number of benzene rings is 1. The van der Waals surface area contributed by atoms with Gasteiger partial charge in [0.2, 0.25) is 0 Å². The molecule has 1 aromatic heterocycles. The van der Waals surface area contributed by atoms with Gasteiger partial charge in [0.25, 0.3) is 0 Å². The average Bonchev–Trinajstić information content (AvgIpc) is 2.62. The molecule has 2 rings (SSSR count). The lowest BCUT2D eigenvalue weighted by Crippen LogP contribution is -2.15. The van der Waals surface area contributed by atoms with Gasteiger partial charge < -0.3 is 10.5 Å². The summed E-state index contributed by atoms with van der Waals surface area (Å²) in [6.07, 6.45) is 0. The summed E-state index contributed by atoms with van der Waals surface area (Å²) < 4.78 is 7.23. The van der Waals surface area contributed by atoms with Gasteiger partial charge in [0.15, 0.2) is 0 Å². The fraction of sp³-hybridized carbons (Fsp3) is 0.357. The zero-order valence-corrected chi connectivity index (χ0v) is 11.3. The standard InChI is InChI=1S/C14H19N3O/c1-9-13(10(2)17(3)16-9)14(15)11-7-5-6-8-12(11)18-4/h5-8,14H,15H2,1-4H3. The molecule has 2 N–H and O–H groups in total. The van der Waals surface area contributed by atoms with E-state index in [1.165, 1.54) is 0 Å². The number of nitrogens with two attached hydrogens (primary N) is 1. The molecule has 0 amide bonds.